The first kappa shape index (κ1) is 14.3. The van der Waals surface area contributed by atoms with Gasteiger partial charge in [0.05, 0.1) is 22.0 Å². The molecule has 2 aromatic heterocycles. The molecule has 1 aromatic carbocycles. The van der Waals surface area contributed by atoms with Crippen molar-refractivity contribution in [3.63, 3.8) is 0 Å². The van der Waals surface area contributed by atoms with E-state index in [4.69, 9.17) is 5.11 Å². The fourth-order valence-corrected chi connectivity index (χ4v) is 3.28. The summed E-state index contributed by atoms with van der Waals surface area (Å²) in [5.74, 6) is -0.671. The Morgan fingerprint density at radius 2 is 2.18 bits per heavy atom. The third-order valence-corrected chi connectivity index (χ3v) is 4.64. The maximum absolute atomic E-state index is 10.9. The zero-order valence-corrected chi connectivity index (χ0v) is 12.9. The molecule has 0 aliphatic carbocycles. The third-order valence-electron chi connectivity index (χ3n) is 3.47. The Kier molecular flexibility index (Phi) is 3.43. The van der Waals surface area contributed by atoms with Crippen molar-refractivity contribution in [2.45, 2.75) is 19.8 Å². The molecule has 0 atom stereocenters. The molecular formula is C16H13N3O2S. The second kappa shape index (κ2) is 5.28. The number of hydrogen-bond acceptors (Lipinski definition) is 4. The maximum atomic E-state index is 10.9. The molecule has 0 saturated heterocycles. The molecule has 0 bridgehead atoms. The number of hydrogen-bond donors (Lipinski definition) is 1. The molecule has 6 heteroatoms. The van der Waals surface area contributed by atoms with Crippen molar-refractivity contribution in [1.29, 1.82) is 5.26 Å². The summed E-state index contributed by atoms with van der Waals surface area (Å²) in [6, 6.07) is 8.16. The van der Waals surface area contributed by atoms with Crippen LogP contribution in [0.1, 0.15) is 41.3 Å². The largest absolute Gasteiger partial charge is 0.478 e. The van der Waals surface area contributed by atoms with Crippen LogP contribution in [0.25, 0.3) is 15.1 Å². The Labute approximate surface area is 131 Å². The lowest BCUT2D eigenvalue weighted by atomic mass is 9.99. The molecule has 0 radical (unpaired) electrons. The van der Waals surface area contributed by atoms with Crippen LogP contribution >= 0.6 is 11.3 Å². The van der Waals surface area contributed by atoms with Gasteiger partial charge in [-0.3, -0.25) is 0 Å². The van der Waals surface area contributed by atoms with Gasteiger partial charge >= 0.3 is 5.97 Å². The second-order valence-corrected chi connectivity index (χ2v) is 6.35. The third kappa shape index (κ3) is 2.36. The molecule has 3 rings (SSSR count). The van der Waals surface area contributed by atoms with E-state index in [1.165, 1.54) is 28.4 Å². The van der Waals surface area contributed by atoms with Crippen molar-refractivity contribution < 1.29 is 9.90 Å². The Hall–Kier alpha value is -2.65. The van der Waals surface area contributed by atoms with Gasteiger partial charge in [0.1, 0.15) is 11.1 Å². The molecule has 3 aromatic rings. The molecule has 110 valence electrons. The number of aromatic nitrogens is 2. The van der Waals surface area contributed by atoms with Gasteiger partial charge in [0.15, 0.2) is 0 Å². The van der Waals surface area contributed by atoms with Crippen LogP contribution in [0.3, 0.4) is 0 Å². The van der Waals surface area contributed by atoms with Crippen LogP contribution in [0.5, 0.6) is 0 Å². The Morgan fingerprint density at radius 3 is 2.77 bits per heavy atom. The zero-order chi connectivity index (χ0) is 15.9. The minimum absolute atomic E-state index is 0.140. The summed E-state index contributed by atoms with van der Waals surface area (Å²) in [5.41, 5.74) is 1.89. The minimum Gasteiger partial charge on any atom is -0.478 e. The van der Waals surface area contributed by atoms with E-state index < -0.39 is 5.97 Å². The van der Waals surface area contributed by atoms with Gasteiger partial charge in [-0.15, -0.1) is 11.3 Å². The lowest BCUT2D eigenvalue weighted by molar-refractivity contribution is 0.0697. The highest BCUT2D eigenvalue weighted by Crippen LogP contribution is 2.33. The van der Waals surface area contributed by atoms with Crippen LogP contribution in [0.2, 0.25) is 0 Å². The van der Waals surface area contributed by atoms with E-state index in [1.54, 1.807) is 0 Å². The van der Waals surface area contributed by atoms with Gasteiger partial charge in [0, 0.05) is 6.20 Å². The van der Waals surface area contributed by atoms with Crippen molar-refractivity contribution in [2.24, 2.45) is 0 Å². The summed E-state index contributed by atoms with van der Waals surface area (Å²) >= 11 is 1.43. The van der Waals surface area contributed by atoms with Crippen LogP contribution in [-0.2, 0) is 0 Å². The molecule has 0 amide bonds. The number of nitriles is 1. The monoisotopic (exact) mass is 311 g/mol. The van der Waals surface area contributed by atoms with Crippen LogP contribution in [0.4, 0.5) is 0 Å². The van der Waals surface area contributed by atoms with Gasteiger partial charge in [-0.05, 0) is 35.1 Å². The molecule has 2 heterocycles. The molecule has 1 N–H and O–H groups in total. The Morgan fingerprint density at radius 1 is 1.41 bits per heavy atom. The smallest absolute Gasteiger partial charge is 0.338 e. The maximum Gasteiger partial charge on any atom is 0.338 e. The molecule has 22 heavy (non-hydrogen) atoms. The summed E-state index contributed by atoms with van der Waals surface area (Å²) < 4.78 is 2.43. The fourth-order valence-electron chi connectivity index (χ4n) is 2.25. The molecule has 0 aliphatic rings. The highest BCUT2D eigenvalue weighted by Gasteiger charge is 2.13. The Balaban J connectivity index is 2.16. The van der Waals surface area contributed by atoms with Gasteiger partial charge in [-0.1, -0.05) is 13.8 Å². The van der Waals surface area contributed by atoms with Gasteiger partial charge < -0.3 is 5.11 Å². The average molecular weight is 311 g/mol. The van der Waals surface area contributed by atoms with E-state index in [9.17, 15) is 10.1 Å². The van der Waals surface area contributed by atoms with Gasteiger partial charge in [-0.25, -0.2) is 9.48 Å². The number of thiophene rings is 1. The summed E-state index contributed by atoms with van der Waals surface area (Å²) in [6.45, 7) is 4.17. The predicted octanol–water partition coefficient (Wildman–Crippen LogP) is 3.78. The number of fused-ring (bicyclic) bond motifs is 1. The van der Waals surface area contributed by atoms with E-state index in [1.807, 2.05) is 12.1 Å². The first-order valence-electron chi connectivity index (χ1n) is 6.75. The zero-order valence-electron chi connectivity index (χ0n) is 12.1. The van der Waals surface area contributed by atoms with Crippen molar-refractivity contribution in [3.05, 3.63) is 47.3 Å². The van der Waals surface area contributed by atoms with Gasteiger partial charge in [0.25, 0.3) is 0 Å². The van der Waals surface area contributed by atoms with Crippen LogP contribution in [0, 0.1) is 11.3 Å². The van der Waals surface area contributed by atoms with E-state index in [2.05, 4.69) is 31.1 Å². The van der Waals surface area contributed by atoms with Gasteiger partial charge in [0.2, 0.25) is 0 Å². The lowest BCUT2D eigenvalue weighted by Gasteiger charge is -2.05. The van der Waals surface area contributed by atoms with Crippen LogP contribution in [-0.4, -0.2) is 20.9 Å². The van der Waals surface area contributed by atoms with Crippen molar-refractivity contribution >= 4 is 27.4 Å². The van der Waals surface area contributed by atoms with E-state index >= 15 is 0 Å². The highest BCUT2D eigenvalue weighted by atomic mass is 32.1. The minimum atomic E-state index is -1.01. The molecule has 5 nitrogen and oxygen atoms in total. The number of nitrogens with zero attached hydrogens (tertiary/aromatic N) is 3. The van der Waals surface area contributed by atoms with E-state index in [-0.39, 0.29) is 5.56 Å². The van der Waals surface area contributed by atoms with E-state index in [0.717, 1.165) is 20.7 Å². The number of aromatic carboxylic acids is 1. The summed E-state index contributed by atoms with van der Waals surface area (Å²) in [4.78, 5) is 10.9. The van der Waals surface area contributed by atoms with Crippen LogP contribution in [0.15, 0.2) is 30.6 Å². The lowest BCUT2D eigenvalue weighted by Crippen LogP contribution is -1.93. The highest BCUT2D eigenvalue weighted by molar-refractivity contribution is 7.21. The normalized spacial score (nSPS) is 11.0. The quantitative estimate of drug-likeness (QED) is 0.798. The van der Waals surface area contributed by atoms with Crippen molar-refractivity contribution in [1.82, 2.24) is 9.78 Å². The van der Waals surface area contributed by atoms with Gasteiger partial charge in [-0.2, -0.15) is 10.4 Å². The molecule has 0 aliphatic heterocycles. The predicted molar refractivity (Wildman–Crippen MR) is 84.7 cm³/mol. The molecule has 0 spiro atoms. The van der Waals surface area contributed by atoms with E-state index in [0.29, 0.717) is 11.5 Å². The first-order valence-corrected chi connectivity index (χ1v) is 7.57. The van der Waals surface area contributed by atoms with Crippen LogP contribution < -0.4 is 0 Å². The topological polar surface area (TPSA) is 78.9 Å². The molecule has 0 fully saturated rings. The number of carboxylic acid groups (broad SMARTS) is 1. The average Bonchev–Trinajstić information content (AvgIpc) is 3.12. The SMILES string of the molecule is CC(C)c1cc(C#N)c2sc(-n3cc(C(=O)O)cn3)cc2c1. The number of carboxylic acids is 1. The van der Waals surface area contributed by atoms with Crippen molar-refractivity contribution in [3.8, 4) is 11.1 Å². The summed E-state index contributed by atoms with van der Waals surface area (Å²) in [6.07, 6.45) is 2.79. The summed E-state index contributed by atoms with van der Waals surface area (Å²) in [7, 11) is 0. The second-order valence-electron chi connectivity index (χ2n) is 5.32. The molecule has 0 unspecified atom stereocenters. The number of rotatable bonds is 3. The first-order chi connectivity index (χ1) is 10.5. The standard InChI is InChI=1S/C16H13N3O2S/c1-9(2)10-3-11-5-14(22-15(11)12(4-10)6-17)19-8-13(7-18-19)16(20)21/h3-5,7-9H,1-2H3,(H,20,21). The number of benzene rings is 1. The molecular weight excluding hydrogens is 298 g/mol. The number of carbonyl (C=O) groups is 1. The molecule has 0 saturated carbocycles. The Bertz CT molecular complexity index is 915. The van der Waals surface area contributed by atoms with Crippen molar-refractivity contribution in [2.75, 3.05) is 0 Å². The fraction of sp³-hybridized carbons (Fsp3) is 0.188. The summed E-state index contributed by atoms with van der Waals surface area (Å²) in [5, 5.41) is 24.2.